The first-order valence-corrected chi connectivity index (χ1v) is 22.6. The zero-order chi connectivity index (χ0) is 48.2. The van der Waals surface area contributed by atoms with Crippen LogP contribution in [-0.4, -0.2) is 201 Å². The number of hydrogen-bond donors (Lipinski definition) is 5. The molecular weight excluding hydrogens is 925 g/mol. The molecule has 0 saturated heterocycles. The summed E-state index contributed by atoms with van der Waals surface area (Å²) in [5, 5.41) is 47.6. The van der Waals surface area contributed by atoms with E-state index in [9.17, 15) is 44.4 Å². The lowest BCUT2D eigenvalue weighted by Crippen LogP contribution is -2.56. The minimum atomic E-state index is -1.12. The van der Waals surface area contributed by atoms with Crippen molar-refractivity contribution in [1.82, 2.24) is 39.9 Å². The first-order chi connectivity index (χ1) is 28.8. The molecule has 65 heavy (non-hydrogen) atoms. The Morgan fingerprint density at radius 3 is 1.00 bits per heavy atom. The van der Waals surface area contributed by atoms with Gasteiger partial charge in [-0.15, -0.1) is 12.6 Å². The number of carboxylic acids is 4. The lowest BCUT2D eigenvalue weighted by molar-refractivity contribution is -0.889. The average molecular weight is 991 g/mol. The molecular formula is C39H66N12O10S4. The monoisotopic (exact) mass is 990 g/mol. The van der Waals surface area contributed by atoms with Crippen LogP contribution in [0.3, 0.4) is 0 Å². The highest BCUT2D eigenvalue weighted by Crippen LogP contribution is 2.39. The van der Waals surface area contributed by atoms with Gasteiger partial charge in [0.15, 0.2) is 5.12 Å². The van der Waals surface area contributed by atoms with Crippen molar-refractivity contribution < 1.29 is 67.8 Å². The van der Waals surface area contributed by atoms with E-state index in [1.807, 2.05) is 21.1 Å². The lowest BCUT2D eigenvalue weighted by atomic mass is 10.1. The molecule has 0 radical (unpaired) electrons. The second kappa shape index (κ2) is 25.5. The summed E-state index contributed by atoms with van der Waals surface area (Å²) in [6, 6.07) is -2.78. The molecule has 0 amide bonds. The Morgan fingerprint density at radius 2 is 0.754 bits per heavy atom. The van der Waals surface area contributed by atoms with Gasteiger partial charge in [0.25, 0.3) is 0 Å². The molecule has 0 aliphatic carbocycles. The second-order valence-corrected chi connectivity index (χ2v) is 21.8. The number of aliphatic carboxylic acids is 4. The summed E-state index contributed by atoms with van der Waals surface area (Å²) in [6.07, 6.45) is 7.09. The quantitative estimate of drug-likeness (QED) is 0.0254. The average Bonchev–Trinajstić information content (AvgIpc) is 3.93. The standard InChI is InChI=1S/C18H28N6O4S2.C11H17N3O3S.C9H15N3O2S.CH4.H2O/c1-23(2,3)13(17(25)26)7-11-15(21-9-19-11)29-30-16-12(20-10-22-16)8-14(18(27)28)24(4,5)6;1-7(15)18-10-8(12-6-13-10)5-9(11(16)17)14(2,3)4;1-12(2,3)7(9(13)14)4-6-8(15)11-5-10-6;;/h9-10,13-14H,7-8H2,1-6H3,(H2-2,19,20,21,22,25,26,27,28);6,9H,5H2,1-4H3,(H-,12,13,16,17);5,7H,4H2,1-3H3,(H2-,10,11,13,14,15);1H4;1H2/t13-,14-;9-;7-;;/m000../s1. The number of aromatic amines is 4. The molecule has 4 aromatic rings. The highest BCUT2D eigenvalue weighted by atomic mass is 33.1. The van der Waals surface area contributed by atoms with Crippen molar-refractivity contribution in [2.45, 2.75) is 84.3 Å². The highest BCUT2D eigenvalue weighted by Gasteiger charge is 2.31. The van der Waals surface area contributed by atoms with Crippen LogP contribution in [0, 0.1) is 0 Å². The van der Waals surface area contributed by atoms with Crippen LogP contribution in [0.25, 0.3) is 0 Å². The second-order valence-electron chi connectivity index (χ2n) is 18.1. The number of H-pyrrole nitrogens is 4. The summed E-state index contributed by atoms with van der Waals surface area (Å²) in [6.45, 7) is 1.44. The van der Waals surface area contributed by atoms with Gasteiger partial charge in [0.05, 0.1) is 157 Å². The van der Waals surface area contributed by atoms with Crippen LogP contribution in [0.4, 0.5) is 0 Å². The molecule has 6 N–H and O–H groups in total. The van der Waals surface area contributed by atoms with Gasteiger partial charge in [-0.2, -0.15) is 0 Å². The van der Waals surface area contributed by atoms with Crippen LogP contribution in [0.5, 0.6) is 0 Å². The number of imidazole rings is 4. The normalized spacial score (nSPS) is 13.6. The minimum Gasteiger partial charge on any atom is -0.544 e. The van der Waals surface area contributed by atoms with Gasteiger partial charge in [0.2, 0.25) is 0 Å². The molecule has 0 unspecified atom stereocenters. The van der Waals surface area contributed by atoms with Gasteiger partial charge in [0.1, 0.15) is 44.3 Å². The van der Waals surface area contributed by atoms with Crippen molar-refractivity contribution in [2.75, 3.05) is 84.6 Å². The molecule has 22 nitrogen and oxygen atoms in total. The maximum Gasteiger partial charge on any atom is 0.192 e. The number of thiol groups is 1. The molecule has 0 saturated carbocycles. The molecule has 0 fully saturated rings. The maximum absolute atomic E-state index is 11.6. The number of likely N-dealkylation sites (N-methyl/N-ethyl adjacent to an activating group) is 4. The van der Waals surface area contributed by atoms with Gasteiger partial charge in [-0.1, -0.05) is 7.43 Å². The fourth-order valence-corrected chi connectivity index (χ4v) is 8.77. The summed E-state index contributed by atoms with van der Waals surface area (Å²) in [4.78, 5) is 84.6. The van der Waals surface area contributed by atoms with Gasteiger partial charge >= 0.3 is 0 Å². The molecule has 0 aliphatic heterocycles. The Labute approximate surface area is 397 Å². The Balaban J connectivity index is 0.00000100. The number of carbonyl (C=O) groups excluding carboxylic acids is 5. The van der Waals surface area contributed by atoms with Gasteiger partial charge in [0, 0.05) is 32.6 Å². The number of aromatic nitrogens is 8. The van der Waals surface area contributed by atoms with E-state index in [1.54, 1.807) is 63.4 Å². The lowest BCUT2D eigenvalue weighted by Gasteiger charge is -2.34. The third-order valence-electron chi connectivity index (χ3n) is 9.59. The van der Waals surface area contributed by atoms with Crippen molar-refractivity contribution in [3.63, 3.8) is 0 Å². The zero-order valence-corrected chi connectivity index (χ0v) is 41.7. The SMILES string of the molecule is C.CC(=O)Sc1nc[nH]c1C[C@@H](C(=O)[O-])[N+](C)(C)C.C[N+](C)(C)[C@@H](Cc1[nH]cnc1S)C(=O)[O-].C[N+](C)(C)[C@@H](Cc1[nH]cnc1SSc1nc[nH]c1C[C@@H](C(=O)[O-])[N+](C)(C)C)C(=O)[O-].O. The molecule has 0 spiro atoms. The minimum absolute atomic E-state index is 0. The van der Waals surface area contributed by atoms with E-state index in [2.05, 4.69) is 52.5 Å². The first kappa shape index (κ1) is 60.6. The first-order valence-electron chi connectivity index (χ1n) is 19.2. The predicted molar refractivity (Wildman–Crippen MR) is 242 cm³/mol. The van der Waals surface area contributed by atoms with Crippen molar-refractivity contribution in [2.24, 2.45) is 0 Å². The molecule has 0 aliphatic rings. The summed E-state index contributed by atoms with van der Waals surface area (Å²) >= 11 is 5.12. The van der Waals surface area contributed by atoms with Crippen LogP contribution in [0.2, 0.25) is 0 Å². The largest absolute Gasteiger partial charge is 0.544 e. The fourth-order valence-electron chi connectivity index (χ4n) is 5.74. The highest BCUT2D eigenvalue weighted by molar-refractivity contribution is 8.76. The number of carbonyl (C=O) groups is 5. The Morgan fingerprint density at radius 1 is 0.508 bits per heavy atom. The van der Waals surface area contributed by atoms with E-state index < -0.39 is 48.0 Å². The summed E-state index contributed by atoms with van der Waals surface area (Å²) in [5.74, 6) is -4.42. The summed E-state index contributed by atoms with van der Waals surface area (Å²) < 4.78 is 0.982. The molecule has 4 rings (SSSR count). The van der Waals surface area contributed by atoms with E-state index >= 15 is 0 Å². The smallest absolute Gasteiger partial charge is 0.192 e. The van der Waals surface area contributed by atoms with E-state index in [-0.39, 0.29) is 50.7 Å². The van der Waals surface area contributed by atoms with Crippen LogP contribution in [-0.2, 0) is 49.7 Å². The summed E-state index contributed by atoms with van der Waals surface area (Å²) in [5.41, 5.74) is 2.77. The molecule has 4 heterocycles. The van der Waals surface area contributed by atoms with Crippen LogP contribution in [0.15, 0.2) is 45.4 Å². The molecule has 0 aromatic carbocycles. The van der Waals surface area contributed by atoms with Crippen LogP contribution < -0.4 is 20.4 Å². The van der Waals surface area contributed by atoms with Crippen molar-refractivity contribution in [3.05, 3.63) is 48.1 Å². The third kappa shape index (κ3) is 19.5. The molecule has 26 heteroatoms. The van der Waals surface area contributed by atoms with Crippen molar-refractivity contribution in [3.8, 4) is 0 Å². The number of nitrogens with one attached hydrogen (secondary N) is 4. The molecule has 0 bridgehead atoms. The van der Waals surface area contributed by atoms with Gasteiger partial charge in [-0.3, -0.25) is 4.79 Å². The van der Waals surface area contributed by atoms with E-state index in [0.717, 1.165) is 17.5 Å². The van der Waals surface area contributed by atoms with Gasteiger partial charge in [-0.25, -0.2) is 19.9 Å². The molecule has 4 atom stereocenters. The number of nitrogens with zero attached hydrogens (tertiary/aromatic N) is 8. The van der Waals surface area contributed by atoms with Gasteiger partial charge < -0.3 is 82.9 Å². The zero-order valence-electron chi connectivity index (χ0n) is 38.4. The van der Waals surface area contributed by atoms with E-state index in [4.69, 9.17) is 0 Å². The summed E-state index contributed by atoms with van der Waals surface area (Å²) in [7, 11) is 24.3. The number of hydrogen-bond acceptors (Lipinski definition) is 17. The Bertz CT molecular complexity index is 2070. The van der Waals surface area contributed by atoms with Crippen LogP contribution in [0.1, 0.15) is 37.1 Å². The predicted octanol–water partition coefficient (Wildman–Crippen LogP) is -3.04. The number of rotatable bonds is 20. The van der Waals surface area contributed by atoms with Crippen LogP contribution >= 0.6 is 46.0 Å². The topological polar surface area (TPSA) is 324 Å². The Kier molecular flexibility index (Phi) is 23.8. The fraction of sp³-hybridized carbons (Fsp3) is 0.564. The van der Waals surface area contributed by atoms with E-state index in [0.29, 0.717) is 48.1 Å². The Hall–Kier alpha value is -4.41. The number of carboxylic acid groups (broad SMARTS) is 4. The molecule has 366 valence electrons. The number of quaternary nitrogens is 4. The molecule has 4 aromatic heterocycles. The van der Waals surface area contributed by atoms with Crippen molar-refractivity contribution >= 4 is 75.0 Å². The maximum atomic E-state index is 11.6. The van der Waals surface area contributed by atoms with E-state index in [1.165, 1.54) is 53.8 Å². The van der Waals surface area contributed by atoms with Gasteiger partial charge in [-0.05, 0) is 33.3 Å². The number of thioether (sulfide) groups is 1. The van der Waals surface area contributed by atoms with Crippen molar-refractivity contribution in [1.29, 1.82) is 0 Å². The third-order valence-corrected chi connectivity index (χ3v) is 13.1.